The summed E-state index contributed by atoms with van der Waals surface area (Å²) in [7, 11) is 0. The lowest BCUT2D eigenvalue weighted by Crippen LogP contribution is -2.49. The van der Waals surface area contributed by atoms with Gasteiger partial charge in [0.1, 0.15) is 11.4 Å². The Hall–Kier alpha value is -4.40. The quantitative estimate of drug-likeness (QED) is 0.415. The van der Waals surface area contributed by atoms with Crippen LogP contribution < -0.4 is 15.6 Å². The van der Waals surface area contributed by atoms with E-state index < -0.39 is 17.2 Å². The summed E-state index contributed by atoms with van der Waals surface area (Å²) in [4.78, 5) is 42.5. The Morgan fingerprint density at radius 2 is 1.79 bits per heavy atom. The monoisotopic (exact) mass is 516 g/mol. The summed E-state index contributed by atoms with van der Waals surface area (Å²) < 4.78 is 22.4. The Bertz CT molecular complexity index is 1520. The maximum Gasteiger partial charge on any atom is 0.289 e. The predicted molar refractivity (Wildman–Crippen MR) is 143 cm³/mol. The topological polar surface area (TPSA) is 87.8 Å². The molecule has 38 heavy (non-hydrogen) atoms. The van der Waals surface area contributed by atoms with E-state index in [1.54, 1.807) is 33.9 Å². The molecule has 1 aliphatic heterocycles. The second kappa shape index (κ2) is 10.5. The largest absolute Gasteiger partial charge is 0.459 e. The fraction of sp³-hybridized carbons (Fsp3) is 0.276. The van der Waals surface area contributed by atoms with Crippen molar-refractivity contribution in [2.24, 2.45) is 0 Å². The van der Waals surface area contributed by atoms with E-state index >= 15 is 4.39 Å². The van der Waals surface area contributed by atoms with Crippen molar-refractivity contribution < 1.29 is 18.4 Å². The maximum absolute atomic E-state index is 15.4. The summed E-state index contributed by atoms with van der Waals surface area (Å²) in [5, 5.41) is 3.03. The van der Waals surface area contributed by atoms with Crippen molar-refractivity contribution in [3.63, 3.8) is 0 Å². The molecule has 2 amide bonds. The van der Waals surface area contributed by atoms with Gasteiger partial charge in [-0.25, -0.2) is 4.39 Å². The van der Waals surface area contributed by atoms with E-state index in [1.807, 2.05) is 49.1 Å². The van der Waals surface area contributed by atoms with Crippen molar-refractivity contribution in [1.82, 2.24) is 14.8 Å². The number of pyridine rings is 1. The molecule has 5 rings (SSSR count). The number of halogens is 1. The third-order valence-electron chi connectivity index (χ3n) is 7.02. The first-order valence-electron chi connectivity index (χ1n) is 12.7. The number of hydrogen-bond acceptors (Lipinski definition) is 5. The minimum absolute atomic E-state index is 0.0284. The molecule has 196 valence electrons. The van der Waals surface area contributed by atoms with E-state index in [0.717, 1.165) is 5.56 Å². The Kier molecular flexibility index (Phi) is 7.00. The van der Waals surface area contributed by atoms with Crippen LogP contribution in [0, 0.1) is 5.82 Å². The number of piperazine rings is 1. The van der Waals surface area contributed by atoms with Crippen molar-refractivity contribution in [2.75, 3.05) is 31.1 Å². The Morgan fingerprint density at radius 1 is 1.05 bits per heavy atom. The Labute approximate surface area is 219 Å². The highest BCUT2D eigenvalue weighted by Crippen LogP contribution is 2.27. The van der Waals surface area contributed by atoms with Crippen LogP contribution in [0.4, 0.5) is 10.1 Å². The number of nitrogens with zero attached hydrogens (tertiary/aromatic N) is 3. The molecule has 0 unspecified atom stereocenters. The lowest BCUT2D eigenvalue weighted by molar-refractivity contribution is 0.0714. The zero-order valence-corrected chi connectivity index (χ0v) is 21.3. The fourth-order valence-electron chi connectivity index (χ4n) is 4.87. The minimum atomic E-state index is -0.543. The number of aromatic nitrogens is 1. The van der Waals surface area contributed by atoms with Gasteiger partial charge in [-0.2, -0.15) is 0 Å². The summed E-state index contributed by atoms with van der Waals surface area (Å²) in [6.07, 6.45) is 3.00. The number of hydrogen-bond donors (Lipinski definition) is 1. The number of furan rings is 1. The van der Waals surface area contributed by atoms with Crippen molar-refractivity contribution in [3.8, 4) is 0 Å². The van der Waals surface area contributed by atoms with Crippen LogP contribution in [-0.2, 0) is 6.54 Å². The van der Waals surface area contributed by atoms with E-state index in [9.17, 15) is 14.4 Å². The number of rotatable bonds is 6. The van der Waals surface area contributed by atoms with Crippen LogP contribution in [0.3, 0.4) is 0 Å². The van der Waals surface area contributed by atoms with Gasteiger partial charge in [-0.05, 0) is 43.7 Å². The zero-order valence-electron chi connectivity index (χ0n) is 21.3. The molecule has 0 saturated carbocycles. The molecule has 1 N–H and O–H groups in total. The van der Waals surface area contributed by atoms with Crippen LogP contribution in [0.15, 0.2) is 76.3 Å². The minimum Gasteiger partial charge on any atom is -0.459 e. The van der Waals surface area contributed by atoms with Gasteiger partial charge in [0.05, 0.1) is 23.5 Å². The van der Waals surface area contributed by atoms with Crippen molar-refractivity contribution in [2.45, 2.75) is 26.4 Å². The van der Waals surface area contributed by atoms with E-state index in [1.165, 1.54) is 12.3 Å². The van der Waals surface area contributed by atoms with Crippen molar-refractivity contribution >= 4 is 28.4 Å². The average molecular weight is 517 g/mol. The van der Waals surface area contributed by atoms with E-state index in [2.05, 4.69) is 5.32 Å². The van der Waals surface area contributed by atoms with Gasteiger partial charge < -0.3 is 24.1 Å². The molecule has 1 aliphatic rings. The highest BCUT2D eigenvalue weighted by molar-refractivity contribution is 5.98. The molecule has 0 radical (unpaired) electrons. The molecule has 0 aliphatic carbocycles. The fourth-order valence-corrected chi connectivity index (χ4v) is 4.87. The number of benzene rings is 2. The van der Waals surface area contributed by atoms with Crippen LogP contribution in [-0.4, -0.2) is 47.5 Å². The molecular formula is C29H29FN4O4. The number of carbonyl (C=O) groups excluding carboxylic acids is 2. The Morgan fingerprint density at radius 3 is 2.45 bits per heavy atom. The van der Waals surface area contributed by atoms with Gasteiger partial charge in [0.15, 0.2) is 5.76 Å². The van der Waals surface area contributed by atoms with Crippen molar-refractivity contribution in [3.05, 3.63) is 100.0 Å². The standard InChI is InChI=1S/C29H29FN4O4/c1-3-32-18-22(28(36)31-19(2)20-8-5-4-6-9-20)27(35)21-16-23(30)25(17-24(21)32)33-11-13-34(14-12-33)29(37)26-10-7-15-38-26/h4-10,15-19H,3,11-14H2,1-2H3,(H,31,36)/t19-/m1/s1. The molecule has 2 aromatic heterocycles. The van der Waals surface area contributed by atoms with Gasteiger partial charge in [-0.3, -0.25) is 14.4 Å². The van der Waals surface area contributed by atoms with Crippen molar-refractivity contribution in [1.29, 1.82) is 0 Å². The molecule has 8 nitrogen and oxygen atoms in total. The van der Waals surface area contributed by atoms with Gasteiger partial charge in [0.25, 0.3) is 11.8 Å². The first-order chi connectivity index (χ1) is 18.4. The number of nitrogens with one attached hydrogen (secondary N) is 1. The molecule has 1 saturated heterocycles. The molecule has 0 spiro atoms. The van der Waals surface area contributed by atoms with Gasteiger partial charge in [-0.15, -0.1) is 0 Å². The molecule has 1 fully saturated rings. The highest BCUT2D eigenvalue weighted by Gasteiger charge is 2.26. The second-order valence-corrected chi connectivity index (χ2v) is 9.34. The second-order valence-electron chi connectivity index (χ2n) is 9.34. The van der Waals surface area contributed by atoms with Crippen LogP contribution in [0.25, 0.3) is 10.9 Å². The summed E-state index contributed by atoms with van der Waals surface area (Å²) in [6.45, 7) is 5.93. The molecule has 3 heterocycles. The molecule has 2 aromatic carbocycles. The van der Waals surface area contributed by atoms with E-state index in [4.69, 9.17) is 4.42 Å². The number of carbonyl (C=O) groups is 2. The van der Waals surface area contributed by atoms with Crippen LogP contribution in [0.2, 0.25) is 0 Å². The van der Waals surface area contributed by atoms with Gasteiger partial charge >= 0.3 is 0 Å². The lowest BCUT2D eigenvalue weighted by atomic mass is 10.1. The van der Waals surface area contributed by atoms with Crippen LogP contribution >= 0.6 is 0 Å². The molecule has 9 heteroatoms. The zero-order chi connectivity index (χ0) is 26.8. The predicted octanol–water partition coefficient (Wildman–Crippen LogP) is 4.21. The number of fused-ring (bicyclic) bond motifs is 1. The third kappa shape index (κ3) is 4.79. The first-order valence-corrected chi connectivity index (χ1v) is 12.7. The first kappa shape index (κ1) is 25.3. The normalized spacial score (nSPS) is 14.5. The van der Waals surface area contributed by atoms with Gasteiger partial charge in [0, 0.05) is 44.3 Å². The molecule has 0 bridgehead atoms. The van der Waals surface area contributed by atoms with E-state index in [-0.39, 0.29) is 28.7 Å². The highest BCUT2D eigenvalue weighted by atomic mass is 19.1. The van der Waals surface area contributed by atoms with E-state index in [0.29, 0.717) is 43.9 Å². The number of anilines is 1. The Balaban J connectivity index is 1.40. The maximum atomic E-state index is 15.4. The van der Waals surface area contributed by atoms with Crippen LogP contribution in [0.1, 0.15) is 46.4 Å². The smallest absolute Gasteiger partial charge is 0.289 e. The number of amides is 2. The SMILES string of the molecule is CCn1cc(C(=O)N[C@H](C)c2ccccc2)c(=O)c2cc(F)c(N3CCN(C(=O)c4ccco4)CC3)cc21. The third-order valence-corrected chi connectivity index (χ3v) is 7.02. The molecular weight excluding hydrogens is 487 g/mol. The summed E-state index contributed by atoms with van der Waals surface area (Å²) in [6, 6.07) is 15.3. The average Bonchev–Trinajstić information content (AvgIpc) is 3.48. The molecule has 4 aromatic rings. The summed E-state index contributed by atoms with van der Waals surface area (Å²) >= 11 is 0. The summed E-state index contributed by atoms with van der Waals surface area (Å²) in [5.74, 6) is -0.961. The van der Waals surface area contributed by atoms with Gasteiger partial charge in [-0.1, -0.05) is 30.3 Å². The van der Waals surface area contributed by atoms with Crippen LogP contribution in [0.5, 0.6) is 0 Å². The summed E-state index contributed by atoms with van der Waals surface area (Å²) in [5.41, 5.74) is 1.29. The molecule has 1 atom stereocenters. The number of aryl methyl sites for hydroxylation is 1. The van der Waals surface area contributed by atoms with Gasteiger partial charge in [0.2, 0.25) is 5.43 Å². The lowest BCUT2D eigenvalue weighted by Gasteiger charge is -2.36.